The Morgan fingerprint density at radius 1 is 0.345 bits per heavy atom. The van der Waals surface area contributed by atoms with Crippen LogP contribution in [0.5, 0.6) is 0 Å². The van der Waals surface area contributed by atoms with Crippen molar-refractivity contribution in [1.82, 2.24) is 0 Å². The minimum absolute atomic E-state index is 0. The molecule has 0 aromatic heterocycles. The van der Waals surface area contributed by atoms with E-state index in [0.29, 0.717) is 0 Å². The lowest BCUT2D eigenvalue weighted by Crippen LogP contribution is -3.00. The molecule has 0 N–H and O–H groups in total. The van der Waals surface area contributed by atoms with Gasteiger partial charge >= 0.3 is 0 Å². The fraction of sp³-hybridized carbons (Fsp3) is 1.00. The van der Waals surface area contributed by atoms with Crippen LogP contribution in [0.1, 0.15) is 149 Å². The Morgan fingerprint density at radius 3 is 0.793 bits per heavy atom. The Bertz CT molecular complexity index is 290. The maximum absolute atomic E-state index is 2.44. The van der Waals surface area contributed by atoms with Crippen molar-refractivity contribution >= 4 is 0 Å². The maximum atomic E-state index is 2.44. The molecule has 0 amide bonds. The summed E-state index contributed by atoms with van der Waals surface area (Å²) >= 11 is 0. The molecule has 0 saturated carbocycles. The molecule has 0 heterocycles. The van der Waals surface area contributed by atoms with Crippen molar-refractivity contribution < 1.29 is 21.5 Å². The van der Waals surface area contributed by atoms with Crippen LogP contribution in [-0.4, -0.2) is 31.7 Å². The SMILES string of the molecule is CCCCCCCCCCCCCCCCC[N+](C)(C)CCCCCCCC.[Br-]. The summed E-state index contributed by atoms with van der Waals surface area (Å²) in [7, 11) is 4.88. The molecular weight excluding hydrogens is 418 g/mol. The van der Waals surface area contributed by atoms with Crippen molar-refractivity contribution in [2.45, 2.75) is 149 Å². The molecule has 0 saturated heterocycles. The standard InChI is InChI=1S/C27H58N.BrH/c1-5-7-9-11-13-14-15-16-17-18-19-20-21-23-25-27-28(3,4)26-24-22-12-10-8-6-2;/h5-27H2,1-4H3;1H/q+1;/p-1. The van der Waals surface area contributed by atoms with Crippen molar-refractivity contribution in [1.29, 1.82) is 0 Å². The molecule has 0 rings (SSSR count). The summed E-state index contributed by atoms with van der Waals surface area (Å²) in [6.07, 6.45) is 30.5. The van der Waals surface area contributed by atoms with E-state index in [9.17, 15) is 0 Å². The molecule has 1 nitrogen and oxygen atoms in total. The number of hydrogen-bond donors (Lipinski definition) is 0. The van der Waals surface area contributed by atoms with Crippen LogP contribution in [0.15, 0.2) is 0 Å². The second-order valence-corrected chi connectivity index (χ2v) is 10.1. The Morgan fingerprint density at radius 2 is 0.552 bits per heavy atom. The van der Waals surface area contributed by atoms with Crippen LogP contribution >= 0.6 is 0 Å². The minimum Gasteiger partial charge on any atom is -1.00 e. The molecule has 0 bridgehead atoms. The van der Waals surface area contributed by atoms with Gasteiger partial charge < -0.3 is 21.5 Å². The van der Waals surface area contributed by atoms with E-state index in [-0.39, 0.29) is 17.0 Å². The van der Waals surface area contributed by atoms with Gasteiger partial charge in [-0.1, -0.05) is 123 Å². The van der Waals surface area contributed by atoms with Crippen LogP contribution < -0.4 is 17.0 Å². The molecule has 0 radical (unpaired) electrons. The fourth-order valence-electron chi connectivity index (χ4n) is 4.34. The molecule has 0 aliphatic carbocycles. The molecule has 0 fully saturated rings. The zero-order valence-corrected chi connectivity index (χ0v) is 22.7. The van der Waals surface area contributed by atoms with E-state index < -0.39 is 0 Å². The van der Waals surface area contributed by atoms with Gasteiger partial charge in [-0.25, -0.2) is 0 Å². The zero-order valence-electron chi connectivity index (χ0n) is 21.1. The second-order valence-electron chi connectivity index (χ2n) is 10.1. The van der Waals surface area contributed by atoms with Crippen LogP contribution in [0.4, 0.5) is 0 Å². The van der Waals surface area contributed by atoms with Crippen molar-refractivity contribution in [2.75, 3.05) is 27.2 Å². The van der Waals surface area contributed by atoms with Crippen LogP contribution in [0.2, 0.25) is 0 Å². The van der Waals surface area contributed by atoms with E-state index in [2.05, 4.69) is 27.9 Å². The van der Waals surface area contributed by atoms with Gasteiger partial charge in [0.1, 0.15) is 0 Å². The molecule has 178 valence electrons. The third-order valence-electron chi connectivity index (χ3n) is 6.48. The van der Waals surface area contributed by atoms with Crippen molar-refractivity contribution in [3.8, 4) is 0 Å². The first-order valence-electron chi connectivity index (χ1n) is 13.4. The number of quaternary nitrogens is 1. The van der Waals surface area contributed by atoms with Gasteiger partial charge in [0.05, 0.1) is 27.2 Å². The third-order valence-corrected chi connectivity index (χ3v) is 6.48. The van der Waals surface area contributed by atoms with E-state index in [1.807, 2.05) is 0 Å². The van der Waals surface area contributed by atoms with Gasteiger partial charge in [-0.15, -0.1) is 0 Å². The van der Waals surface area contributed by atoms with Crippen LogP contribution in [-0.2, 0) is 0 Å². The predicted molar refractivity (Wildman–Crippen MR) is 130 cm³/mol. The molecule has 0 spiro atoms. The average Bonchev–Trinajstić information content (AvgIpc) is 2.67. The lowest BCUT2D eigenvalue weighted by Gasteiger charge is -2.30. The lowest BCUT2D eigenvalue weighted by molar-refractivity contribution is -0.890. The maximum Gasteiger partial charge on any atom is 0.0782 e. The highest BCUT2D eigenvalue weighted by Gasteiger charge is 2.13. The highest BCUT2D eigenvalue weighted by molar-refractivity contribution is 4.50. The van der Waals surface area contributed by atoms with E-state index in [0.717, 1.165) is 0 Å². The fourth-order valence-corrected chi connectivity index (χ4v) is 4.34. The number of hydrogen-bond acceptors (Lipinski definition) is 0. The van der Waals surface area contributed by atoms with Crippen LogP contribution in [0.3, 0.4) is 0 Å². The number of halogens is 1. The highest BCUT2D eigenvalue weighted by atomic mass is 79.9. The first-order valence-corrected chi connectivity index (χ1v) is 13.4. The summed E-state index contributed by atoms with van der Waals surface area (Å²) in [6, 6.07) is 0. The van der Waals surface area contributed by atoms with Gasteiger partial charge in [-0.3, -0.25) is 0 Å². The molecule has 0 atom stereocenters. The van der Waals surface area contributed by atoms with Gasteiger partial charge in [0, 0.05) is 0 Å². The van der Waals surface area contributed by atoms with E-state index >= 15 is 0 Å². The molecular formula is C27H58BrN. The molecule has 29 heavy (non-hydrogen) atoms. The largest absolute Gasteiger partial charge is 1.00 e. The summed E-state index contributed by atoms with van der Waals surface area (Å²) in [4.78, 5) is 0. The van der Waals surface area contributed by atoms with Gasteiger partial charge in [0.25, 0.3) is 0 Å². The molecule has 0 unspecified atom stereocenters. The summed E-state index contributed by atoms with van der Waals surface area (Å²) in [5.74, 6) is 0. The molecule has 0 aliphatic rings. The predicted octanol–water partition coefficient (Wildman–Crippen LogP) is 6.30. The Labute approximate surface area is 197 Å². The van der Waals surface area contributed by atoms with Crippen molar-refractivity contribution in [2.24, 2.45) is 0 Å². The second kappa shape index (κ2) is 24.7. The Balaban J connectivity index is 0. The molecule has 0 aromatic carbocycles. The average molecular weight is 477 g/mol. The van der Waals surface area contributed by atoms with E-state index in [4.69, 9.17) is 0 Å². The van der Waals surface area contributed by atoms with Crippen LogP contribution in [0.25, 0.3) is 0 Å². The number of nitrogens with zero attached hydrogens (tertiary/aromatic N) is 1. The number of unbranched alkanes of at least 4 members (excludes halogenated alkanes) is 19. The highest BCUT2D eigenvalue weighted by Crippen LogP contribution is 2.14. The summed E-state index contributed by atoms with van der Waals surface area (Å²) in [6.45, 7) is 7.37. The van der Waals surface area contributed by atoms with Gasteiger partial charge in [-0.2, -0.15) is 0 Å². The van der Waals surface area contributed by atoms with Gasteiger partial charge in [0.2, 0.25) is 0 Å². The monoisotopic (exact) mass is 475 g/mol. The summed E-state index contributed by atoms with van der Waals surface area (Å²) in [5, 5.41) is 0. The minimum atomic E-state index is 0. The van der Waals surface area contributed by atoms with Crippen molar-refractivity contribution in [3.63, 3.8) is 0 Å². The van der Waals surface area contributed by atoms with Gasteiger partial charge in [0.15, 0.2) is 0 Å². The quantitative estimate of drug-likeness (QED) is 0.120. The van der Waals surface area contributed by atoms with E-state index in [1.54, 1.807) is 0 Å². The topological polar surface area (TPSA) is 0 Å². The summed E-state index contributed by atoms with van der Waals surface area (Å²) in [5.41, 5.74) is 0. The third kappa shape index (κ3) is 26.4. The first-order chi connectivity index (χ1) is 13.6. The Hall–Kier alpha value is 0.440. The molecule has 0 aromatic rings. The van der Waals surface area contributed by atoms with Crippen molar-refractivity contribution in [3.05, 3.63) is 0 Å². The van der Waals surface area contributed by atoms with Gasteiger partial charge in [-0.05, 0) is 25.7 Å². The molecule has 2 heteroatoms. The van der Waals surface area contributed by atoms with E-state index in [1.165, 1.54) is 152 Å². The normalized spacial score (nSPS) is 11.6. The van der Waals surface area contributed by atoms with Crippen LogP contribution in [0, 0.1) is 0 Å². The smallest absolute Gasteiger partial charge is 0.0782 e. The summed E-state index contributed by atoms with van der Waals surface area (Å²) < 4.78 is 1.24. The Kier molecular flexibility index (Phi) is 26.9. The number of rotatable bonds is 23. The lowest BCUT2D eigenvalue weighted by atomic mass is 10.0. The molecule has 0 aliphatic heterocycles. The first kappa shape index (κ1) is 31.6. The zero-order chi connectivity index (χ0) is 20.8.